The Hall–Kier alpha value is 0.241. The molecule has 0 saturated carbocycles. The first-order valence-electron chi connectivity index (χ1n) is 15.0. The van der Waals surface area contributed by atoms with Crippen molar-refractivity contribution in [1.29, 1.82) is 0 Å². The molecular formula is C27H60O7Si6. The van der Waals surface area contributed by atoms with Crippen LogP contribution in [0.5, 0.6) is 0 Å². The van der Waals surface area contributed by atoms with Gasteiger partial charge in [0.05, 0.1) is 0 Å². The molecule has 0 spiro atoms. The van der Waals surface area contributed by atoms with Crippen LogP contribution in [0, 0.1) is 0 Å². The Morgan fingerprint density at radius 1 is 0.575 bits per heavy atom. The van der Waals surface area contributed by atoms with Crippen molar-refractivity contribution >= 4 is 51.1 Å². The molecule has 0 amide bonds. The highest BCUT2D eigenvalue weighted by Gasteiger charge is 2.52. The monoisotopic (exact) mass is 664 g/mol. The highest BCUT2D eigenvalue weighted by Crippen LogP contribution is 2.36. The quantitative estimate of drug-likeness (QED) is 0.130. The zero-order valence-corrected chi connectivity index (χ0v) is 34.1. The maximum Gasteiger partial charge on any atom is 0.500 e. The Kier molecular flexibility index (Phi) is 15.1. The van der Waals surface area contributed by atoms with Gasteiger partial charge in [-0.2, -0.15) is 0 Å². The fourth-order valence-electron chi connectivity index (χ4n) is 5.45. The van der Waals surface area contributed by atoms with Crippen molar-refractivity contribution in [2.24, 2.45) is 0 Å². The third kappa shape index (κ3) is 14.6. The van der Waals surface area contributed by atoms with Gasteiger partial charge in [0.2, 0.25) is 0 Å². The second-order valence-corrected chi connectivity index (χ2v) is 36.0. The number of rotatable bonds is 20. The molecule has 3 atom stereocenters. The van der Waals surface area contributed by atoms with E-state index in [4.69, 9.17) is 29.7 Å². The minimum absolute atomic E-state index is 0.281. The Morgan fingerprint density at radius 2 is 1.05 bits per heavy atom. The lowest BCUT2D eigenvalue weighted by molar-refractivity contribution is 0.0719. The van der Waals surface area contributed by atoms with Crippen molar-refractivity contribution in [3.05, 3.63) is 35.9 Å². The molecule has 3 unspecified atom stereocenters. The second-order valence-electron chi connectivity index (χ2n) is 13.3. The summed E-state index contributed by atoms with van der Waals surface area (Å²) in [6, 6.07) is 12.9. The first-order chi connectivity index (χ1) is 18.2. The maximum atomic E-state index is 7.37. The van der Waals surface area contributed by atoms with Gasteiger partial charge in [0.15, 0.2) is 16.6 Å². The van der Waals surface area contributed by atoms with Gasteiger partial charge in [-0.05, 0) is 110 Å². The molecule has 0 aliphatic carbocycles. The fraction of sp³-hybridized carbons (Fsp3) is 0.778. The van der Waals surface area contributed by atoms with Crippen LogP contribution in [0.3, 0.4) is 0 Å². The number of hydrogen-bond acceptors (Lipinski definition) is 7. The van der Waals surface area contributed by atoms with E-state index in [1.165, 1.54) is 5.56 Å². The normalized spacial score (nSPS) is 17.4. The molecule has 0 radical (unpaired) electrons. The summed E-state index contributed by atoms with van der Waals surface area (Å²) in [6.45, 7) is 32.1. The third-order valence-corrected chi connectivity index (χ3v) is 27.8. The largest absolute Gasteiger partial charge is 0.500 e. The van der Waals surface area contributed by atoms with Crippen LogP contribution in [0.25, 0.3) is 0 Å². The van der Waals surface area contributed by atoms with E-state index in [1.54, 1.807) is 0 Å². The van der Waals surface area contributed by atoms with Crippen molar-refractivity contribution in [1.82, 2.24) is 0 Å². The van der Waals surface area contributed by atoms with E-state index >= 15 is 0 Å². The molecule has 0 heterocycles. The lowest BCUT2D eigenvalue weighted by Crippen LogP contribution is -2.61. The van der Waals surface area contributed by atoms with Crippen LogP contribution in [-0.4, -0.2) is 70.9 Å². The molecule has 40 heavy (non-hydrogen) atoms. The van der Waals surface area contributed by atoms with Crippen LogP contribution in [0.4, 0.5) is 0 Å². The SMILES string of the molecule is CCO[Si](CC[Si](C)(O[Si](C)(C)C)O[Si](C)(CC(C)c1ccccc1)O[Si](C)(C)O[Si](C)(C)C)(OCC)OCC. The summed E-state index contributed by atoms with van der Waals surface area (Å²) in [7, 11) is -14.7. The summed E-state index contributed by atoms with van der Waals surface area (Å²) in [5.41, 5.74) is 1.30. The van der Waals surface area contributed by atoms with E-state index in [0.29, 0.717) is 25.9 Å². The zero-order chi connectivity index (χ0) is 30.9. The fourth-order valence-corrected chi connectivity index (χ4v) is 33.8. The molecule has 0 saturated heterocycles. The molecule has 0 aromatic heterocycles. The molecule has 0 aliphatic heterocycles. The van der Waals surface area contributed by atoms with Crippen molar-refractivity contribution in [2.75, 3.05) is 19.8 Å². The summed E-state index contributed by atoms with van der Waals surface area (Å²) >= 11 is 0. The van der Waals surface area contributed by atoms with Gasteiger partial charge in [-0.1, -0.05) is 37.3 Å². The lowest BCUT2D eigenvalue weighted by atomic mass is 10.0. The molecule has 1 aromatic carbocycles. The minimum atomic E-state index is -2.86. The van der Waals surface area contributed by atoms with Crippen LogP contribution >= 0.6 is 0 Å². The molecule has 1 aromatic rings. The van der Waals surface area contributed by atoms with Crippen LogP contribution in [0.2, 0.25) is 83.6 Å². The number of hydrogen-bond donors (Lipinski definition) is 0. The Bertz CT molecular complexity index is 848. The molecule has 0 bridgehead atoms. The predicted molar refractivity (Wildman–Crippen MR) is 182 cm³/mol. The Balaban J connectivity index is 3.48. The third-order valence-electron chi connectivity index (χ3n) is 5.99. The van der Waals surface area contributed by atoms with Crippen LogP contribution < -0.4 is 0 Å². The maximum absolute atomic E-state index is 7.37. The van der Waals surface area contributed by atoms with Crippen molar-refractivity contribution in [3.8, 4) is 0 Å². The molecular weight excluding hydrogens is 605 g/mol. The van der Waals surface area contributed by atoms with Crippen LogP contribution in [0.1, 0.15) is 39.2 Å². The zero-order valence-electron chi connectivity index (χ0n) is 28.1. The van der Waals surface area contributed by atoms with Gasteiger partial charge in [-0.15, -0.1) is 0 Å². The lowest BCUT2D eigenvalue weighted by Gasteiger charge is -2.45. The highest BCUT2D eigenvalue weighted by atomic mass is 28.5. The topological polar surface area (TPSA) is 64.6 Å². The van der Waals surface area contributed by atoms with Crippen molar-refractivity contribution in [3.63, 3.8) is 0 Å². The average Bonchev–Trinajstić information content (AvgIpc) is 2.75. The predicted octanol–water partition coefficient (Wildman–Crippen LogP) is 8.42. The first kappa shape index (κ1) is 38.3. The molecule has 234 valence electrons. The highest BCUT2D eigenvalue weighted by molar-refractivity contribution is 6.91. The summed E-state index contributed by atoms with van der Waals surface area (Å²) < 4.78 is 46.8. The van der Waals surface area contributed by atoms with Gasteiger partial charge in [0.25, 0.3) is 0 Å². The minimum Gasteiger partial charge on any atom is -0.437 e. The Labute approximate surface area is 253 Å². The van der Waals surface area contributed by atoms with E-state index < -0.39 is 51.1 Å². The standard InChI is InChI=1S/C27H60O7Si6/c1-15-28-40(29-16-2,30-17-3)24-23-38(13,32-36(8,9)10)34-39(14,33-37(11,12)31-35(5,6)7)25-26(4)27-21-19-18-20-22-27/h18-22,26H,15-17,23-25H2,1-14H3. The van der Waals surface area contributed by atoms with Gasteiger partial charge in [-0.3, -0.25) is 0 Å². The van der Waals surface area contributed by atoms with Crippen LogP contribution in [-0.2, 0) is 29.7 Å². The Morgan fingerprint density at radius 3 is 1.48 bits per heavy atom. The van der Waals surface area contributed by atoms with Gasteiger partial charge in [-0.25, -0.2) is 0 Å². The van der Waals surface area contributed by atoms with E-state index in [9.17, 15) is 0 Å². The molecule has 0 N–H and O–H groups in total. The molecule has 1 rings (SSSR count). The van der Waals surface area contributed by atoms with Crippen LogP contribution in [0.15, 0.2) is 30.3 Å². The summed E-state index contributed by atoms with van der Waals surface area (Å²) in [6.07, 6.45) is 0. The van der Waals surface area contributed by atoms with Gasteiger partial charge in [0.1, 0.15) is 0 Å². The smallest absolute Gasteiger partial charge is 0.437 e. The van der Waals surface area contributed by atoms with Crippen molar-refractivity contribution < 1.29 is 29.7 Å². The van der Waals surface area contributed by atoms with Gasteiger partial charge < -0.3 is 29.7 Å². The average molecular weight is 665 g/mol. The molecule has 7 nitrogen and oxygen atoms in total. The molecule has 13 heteroatoms. The first-order valence-corrected chi connectivity index (χ1v) is 31.6. The summed E-state index contributed by atoms with van der Waals surface area (Å²) in [5, 5.41) is 0. The summed E-state index contributed by atoms with van der Waals surface area (Å²) in [5.74, 6) is 0.281. The van der Waals surface area contributed by atoms with E-state index in [2.05, 4.69) is 103 Å². The van der Waals surface area contributed by atoms with Gasteiger partial charge in [0, 0.05) is 25.9 Å². The number of benzene rings is 1. The van der Waals surface area contributed by atoms with Crippen molar-refractivity contribution in [2.45, 2.75) is 117 Å². The van der Waals surface area contributed by atoms with E-state index in [0.717, 1.165) is 12.1 Å². The molecule has 0 aliphatic rings. The summed E-state index contributed by atoms with van der Waals surface area (Å²) in [4.78, 5) is 0. The second kappa shape index (κ2) is 15.8. The van der Waals surface area contributed by atoms with Gasteiger partial charge >= 0.3 is 34.5 Å². The van der Waals surface area contributed by atoms with E-state index in [-0.39, 0.29) is 5.92 Å². The molecule has 0 fully saturated rings. The van der Waals surface area contributed by atoms with E-state index in [1.807, 2.05) is 20.8 Å².